The fraction of sp³-hybridized carbons (Fsp3) is 0.541. The van der Waals surface area contributed by atoms with Crippen molar-refractivity contribution in [2.24, 2.45) is 11.3 Å². The maximum Gasteiger partial charge on any atom is 0.322 e. The lowest BCUT2D eigenvalue weighted by Gasteiger charge is -2.40. The normalized spacial score (nSPS) is 18.0. The number of halogens is 1. The van der Waals surface area contributed by atoms with Gasteiger partial charge in [0.25, 0.3) is 0 Å². The Morgan fingerprint density at radius 2 is 1.81 bits per heavy atom. The van der Waals surface area contributed by atoms with Gasteiger partial charge in [-0.15, -0.1) is 5.10 Å². The van der Waals surface area contributed by atoms with Crippen LogP contribution in [0.5, 0.6) is 0 Å². The van der Waals surface area contributed by atoms with Crippen LogP contribution in [-0.2, 0) is 24.3 Å². The van der Waals surface area contributed by atoms with Crippen LogP contribution < -0.4 is 10.6 Å². The van der Waals surface area contributed by atoms with Gasteiger partial charge in [0.1, 0.15) is 5.82 Å². The number of aryl methyl sites for hydroxylation is 1. The number of H-pyrrole nitrogens is 1. The molecule has 0 aliphatic carbocycles. The second-order valence-electron chi connectivity index (χ2n) is 15.8. The molecule has 3 aliphatic heterocycles. The van der Waals surface area contributed by atoms with E-state index in [0.717, 1.165) is 40.4 Å². The van der Waals surface area contributed by atoms with Crippen molar-refractivity contribution in [3.05, 3.63) is 64.9 Å². The van der Waals surface area contributed by atoms with Crippen LogP contribution in [0, 0.1) is 24.1 Å². The molecule has 0 bridgehead atoms. The quantitative estimate of drug-likeness (QED) is 0.227. The van der Waals surface area contributed by atoms with Crippen molar-refractivity contribution in [1.82, 2.24) is 50.4 Å². The Morgan fingerprint density at radius 1 is 1.06 bits per heavy atom. The molecule has 2 saturated heterocycles. The number of benzene rings is 2. The number of anilines is 1. The Kier molecular flexibility index (Phi) is 9.86. The van der Waals surface area contributed by atoms with Gasteiger partial charge in [0.2, 0.25) is 5.91 Å². The van der Waals surface area contributed by atoms with Crippen molar-refractivity contribution in [1.29, 1.82) is 0 Å². The molecule has 2 fully saturated rings. The average Bonchev–Trinajstić information content (AvgIpc) is 3.78. The van der Waals surface area contributed by atoms with Crippen molar-refractivity contribution in [2.45, 2.75) is 91.4 Å². The first-order chi connectivity index (χ1) is 24.9. The molecule has 2 aromatic heterocycles. The number of aromatic nitrogens is 6. The van der Waals surface area contributed by atoms with Crippen LogP contribution in [0.3, 0.4) is 0 Å². The van der Waals surface area contributed by atoms with Gasteiger partial charge in [0.05, 0.1) is 23.4 Å². The van der Waals surface area contributed by atoms with E-state index in [1.807, 2.05) is 22.6 Å². The minimum atomic E-state index is -0.517. The number of para-hydroxylation sites is 1. The molecule has 0 spiro atoms. The molecule has 52 heavy (non-hydrogen) atoms. The molecular weight excluding hydrogens is 665 g/mol. The minimum absolute atomic E-state index is 0.0517. The van der Waals surface area contributed by atoms with Gasteiger partial charge in [0.15, 0.2) is 5.82 Å². The van der Waals surface area contributed by atoms with Gasteiger partial charge in [-0.25, -0.2) is 18.7 Å². The number of amides is 5. The number of piperidine rings is 2. The molecule has 1 unspecified atom stereocenters. The van der Waals surface area contributed by atoms with E-state index in [1.165, 1.54) is 6.07 Å². The third-order valence-electron chi connectivity index (χ3n) is 10.6. The Morgan fingerprint density at radius 3 is 2.56 bits per heavy atom. The van der Waals surface area contributed by atoms with Crippen molar-refractivity contribution in [3.8, 4) is 0 Å². The van der Waals surface area contributed by atoms with Gasteiger partial charge in [-0.2, -0.15) is 5.10 Å². The SMILES string of the molecule is Cc1cc(CC(NC(=O)N2CCC(N3Cc4cccc(F)c4NC3=O)CC2)c2nnnn2CC2CCN(C(=O)CC(C)(C)C)CC2)cc2cn[nH]c12. The van der Waals surface area contributed by atoms with E-state index in [-0.39, 0.29) is 41.0 Å². The summed E-state index contributed by atoms with van der Waals surface area (Å²) in [5, 5.41) is 27.1. The highest BCUT2D eigenvalue weighted by atomic mass is 19.1. The molecule has 276 valence electrons. The van der Waals surface area contributed by atoms with Crippen LogP contribution >= 0.6 is 0 Å². The lowest BCUT2D eigenvalue weighted by atomic mass is 9.90. The second-order valence-corrected chi connectivity index (χ2v) is 15.8. The van der Waals surface area contributed by atoms with Crippen molar-refractivity contribution in [2.75, 3.05) is 31.5 Å². The van der Waals surface area contributed by atoms with E-state index < -0.39 is 11.9 Å². The van der Waals surface area contributed by atoms with Gasteiger partial charge in [-0.1, -0.05) is 39.0 Å². The number of nitrogens with zero attached hydrogens (tertiary/aromatic N) is 8. The van der Waals surface area contributed by atoms with E-state index in [0.29, 0.717) is 70.8 Å². The zero-order valence-electron chi connectivity index (χ0n) is 30.4. The number of likely N-dealkylation sites (tertiary alicyclic amines) is 2. The predicted octanol–water partition coefficient (Wildman–Crippen LogP) is 5.18. The summed E-state index contributed by atoms with van der Waals surface area (Å²) in [6.07, 6.45) is 5.70. The lowest BCUT2D eigenvalue weighted by Crippen LogP contribution is -2.53. The molecule has 0 saturated carbocycles. The van der Waals surface area contributed by atoms with Crippen LogP contribution in [-0.4, -0.2) is 95.3 Å². The van der Waals surface area contributed by atoms with Crippen molar-refractivity contribution < 1.29 is 18.8 Å². The number of rotatable bonds is 8. The van der Waals surface area contributed by atoms with E-state index >= 15 is 0 Å². The summed E-state index contributed by atoms with van der Waals surface area (Å²) in [6, 6.07) is 7.85. The third-order valence-corrected chi connectivity index (χ3v) is 10.6. The first-order valence-electron chi connectivity index (χ1n) is 18.3. The van der Waals surface area contributed by atoms with Crippen LogP contribution in [0.25, 0.3) is 10.9 Å². The zero-order valence-corrected chi connectivity index (χ0v) is 30.4. The molecule has 4 aromatic rings. The van der Waals surface area contributed by atoms with Crippen molar-refractivity contribution in [3.63, 3.8) is 0 Å². The standard InChI is InChI=1S/C37H48FN11O3/c1-23-16-25(17-27-20-39-42-32(23)27)18-30(34-43-44-45-49(34)21-24-8-12-46(13-9-24)31(50)19-37(2,3)4)40-35(51)47-14-10-28(11-15-47)48-22-26-6-5-7-29(38)33(26)41-36(48)52/h5-7,16-17,20,24,28,30H,8-15,18-19,21-22H2,1-4H3,(H,39,42)(H,40,51)(H,41,52). The number of urea groups is 2. The zero-order chi connectivity index (χ0) is 36.6. The van der Waals surface area contributed by atoms with Crippen molar-refractivity contribution >= 4 is 34.6 Å². The highest BCUT2D eigenvalue weighted by Crippen LogP contribution is 2.31. The highest BCUT2D eigenvalue weighted by molar-refractivity contribution is 5.92. The summed E-state index contributed by atoms with van der Waals surface area (Å²) in [5.74, 6) is 0.628. The summed E-state index contributed by atoms with van der Waals surface area (Å²) >= 11 is 0. The summed E-state index contributed by atoms with van der Waals surface area (Å²) in [7, 11) is 0. The first kappa shape index (κ1) is 35.3. The maximum atomic E-state index is 14.3. The lowest BCUT2D eigenvalue weighted by molar-refractivity contribution is -0.134. The van der Waals surface area contributed by atoms with Crippen LogP contribution in [0.2, 0.25) is 0 Å². The van der Waals surface area contributed by atoms with Crippen LogP contribution in [0.4, 0.5) is 19.7 Å². The number of carbonyl (C=O) groups excluding carboxylic acids is 3. The summed E-state index contributed by atoms with van der Waals surface area (Å²) in [6.45, 7) is 11.5. The fourth-order valence-corrected chi connectivity index (χ4v) is 7.83. The van der Waals surface area contributed by atoms with E-state index in [1.54, 1.807) is 22.1 Å². The topological polar surface area (TPSA) is 157 Å². The van der Waals surface area contributed by atoms with Gasteiger partial charge in [-0.3, -0.25) is 9.89 Å². The van der Waals surface area contributed by atoms with Crippen LogP contribution in [0.1, 0.15) is 81.4 Å². The minimum Gasteiger partial charge on any atom is -0.343 e. The number of hydrogen-bond donors (Lipinski definition) is 3. The molecular formula is C37H48FN11O3. The molecule has 3 aliphatic rings. The number of nitrogens with one attached hydrogen (secondary N) is 3. The molecule has 15 heteroatoms. The van der Waals surface area contributed by atoms with E-state index in [2.05, 4.69) is 69.3 Å². The number of fused-ring (bicyclic) bond motifs is 2. The van der Waals surface area contributed by atoms with E-state index in [4.69, 9.17) is 0 Å². The number of hydrogen-bond acceptors (Lipinski definition) is 7. The fourth-order valence-electron chi connectivity index (χ4n) is 7.83. The van der Waals surface area contributed by atoms with Gasteiger partial charge in [-0.05, 0) is 83.2 Å². The summed E-state index contributed by atoms with van der Waals surface area (Å²) in [5.41, 5.74) is 3.97. The largest absolute Gasteiger partial charge is 0.343 e. The number of aromatic amines is 1. The smallest absolute Gasteiger partial charge is 0.322 e. The molecule has 5 amide bonds. The van der Waals surface area contributed by atoms with E-state index in [9.17, 15) is 18.8 Å². The number of tetrazole rings is 1. The molecule has 7 rings (SSSR count). The first-order valence-corrected chi connectivity index (χ1v) is 18.3. The summed E-state index contributed by atoms with van der Waals surface area (Å²) in [4.78, 5) is 45.2. The van der Waals surface area contributed by atoms with Gasteiger partial charge < -0.3 is 25.3 Å². The predicted molar refractivity (Wildman–Crippen MR) is 193 cm³/mol. The highest BCUT2D eigenvalue weighted by Gasteiger charge is 2.35. The average molecular weight is 714 g/mol. The van der Waals surface area contributed by atoms with Gasteiger partial charge in [0, 0.05) is 63.5 Å². The Bertz CT molecular complexity index is 1940. The molecule has 2 aromatic carbocycles. The van der Waals surface area contributed by atoms with Crippen LogP contribution in [0.15, 0.2) is 36.5 Å². The molecule has 1 atom stereocenters. The molecule has 14 nitrogen and oxygen atoms in total. The molecule has 3 N–H and O–H groups in total. The molecule has 0 radical (unpaired) electrons. The monoisotopic (exact) mass is 713 g/mol. The summed E-state index contributed by atoms with van der Waals surface area (Å²) < 4.78 is 16.1. The Labute approximate surface area is 302 Å². The Balaban J connectivity index is 1.03. The molecule has 5 heterocycles. The number of carbonyl (C=O) groups is 3. The Hall–Kier alpha value is -5.08. The van der Waals surface area contributed by atoms with Gasteiger partial charge >= 0.3 is 12.1 Å². The second kappa shape index (κ2) is 14.5. The maximum absolute atomic E-state index is 14.3. The third kappa shape index (κ3) is 7.72.